The summed E-state index contributed by atoms with van der Waals surface area (Å²) >= 11 is 1.49. The molecule has 0 N–H and O–H groups in total. The number of aromatic nitrogens is 2. The Hall–Kier alpha value is -3.32. The fraction of sp³-hybridized carbons (Fsp3) is 0.0455. The van der Waals surface area contributed by atoms with Crippen LogP contribution in [-0.2, 0) is 0 Å². The summed E-state index contributed by atoms with van der Waals surface area (Å²) in [7, 11) is 0. The Kier molecular flexibility index (Phi) is 3.89. The van der Waals surface area contributed by atoms with Crippen molar-refractivity contribution in [2.75, 3.05) is 0 Å². The molecule has 0 aliphatic carbocycles. The molecule has 0 amide bonds. The van der Waals surface area contributed by atoms with Gasteiger partial charge in [0.2, 0.25) is 0 Å². The van der Waals surface area contributed by atoms with Gasteiger partial charge in [-0.05, 0) is 34.4 Å². The molecule has 29 heavy (non-hydrogen) atoms. The van der Waals surface area contributed by atoms with Gasteiger partial charge in [0.05, 0.1) is 21.7 Å². The lowest BCUT2D eigenvalue weighted by Gasteiger charge is -2.13. The van der Waals surface area contributed by atoms with Crippen molar-refractivity contribution >= 4 is 48.9 Å². The maximum atomic E-state index is 13.4. The average molecular weight is 408 g/mol. The molecule has 0 unspecified atom stereocenters. The number of ketones is 1. The van der Waals surface area contributed by atoms with E-state index in [-0.39, 0.29) is 10.9 Å². The maximum Gasteiger partial charge on any atom is 0.454 e. The Labute approximate surface area is 166 Å². The van der Waals surface area contributed by atoms with Crippen LogP contribution in [0.1, 0.15) is 10.4 Å². The highest BCUT2D eigenvalue weighted by Gasteiger charge is 2.41. The normalized spacial score (nSPS) is 12.1. The Bertz CT molecular complexity index is 1390. The van der Waals surface area contributed by atoms with Crippen molar-refractivity contribution < 1.29 is 18.0 Å². The summed E-state index contributed by atoms with van der Waals surface area (Å²) in [6.45, 7) is 0. The van der Waals surface area contributed by atoms with Gasteiger partial charge in [-0.15, -0.1) is 11.3 Å². The fourth-order valence-corrected chi connectivity index (χ4v) is 4.61. The van der Waals surface area contributed by atoms with Crippen LogP contribution in [0.2, 0.25) is 0 Å². The number of nitrogens with zero attached hydrogens (tertiary/aromatic N) is 2. The zero-order valence-electron chi connectivity index (χ0n) is 14.7. The van der Waals surface area contributed by atoms with Crippen LogP contribution >= 0.6 is 11.3 Å². The van der Waals surface area contributed by atoms with E-state index in [9.17, 15) is 18.0 Å². The molecule has 0 spiro atoms. The molecular formula is C22H11F3N2OS. The summed E-state index contributed by atoms with van der Waals surface area (Å²) in [5.74, 6) is -1.90. The zero-order valence-corrected chi connectivity index (χ0v) is 15.5. The molecule has 0 atom stereocenters. The standard InChI is InChI=1S/C22H11F3N2OS/c23-22(24,25)21(28)18-14-7-3-1-5-12(14)9-15-19(26-11-27-20(15)18)17-10-13-6-2-4-8-16(13)29-17/h1-11H. The number of hydrogen-bond acceptors (Lipinski definition) is 4. The first-order valence-electron chi connectivity index (χ1n) is 8.70. The molecule has 3 nitrogen and oxygen atoms in total. The van der Waals surface area contributed by atoms with E-state index in [1.165, 1.54) is 23.7 Å². The van der Waals surface area contributed by atoms with Crippen LogP contribution in [0.5, 0.6) is 0 Å². The van der Waals surface area contributed by atoms with Gasteiger partial charge in [0.25, 0.3) is 5.78 Å². The number of hydrogen-bond donors (Lipinski definition) is 0. The van der Waals surface area contributed by atoms with Crippen LogP contribution in [-0.4, -0.2) is 21.9 Å². The molecular weight excluding hydrogens is 397 g/mol. The highest BCUT2D eigenvalue weighted by Crippen LogP contribution is 2.39. The van der Waals surface area contributed by atoms with Crippen LogP contribution in [0, 0.1) is 0 Å². The van der Waals surface area contributed by atoms with Crippen molar-refractivity contribution in [3.05, 3.63) is 72.6 Å². The van der Waals surface area contributed by atoms with Crippen LogP contribution in [0.3, 0.4) is 0 Å². The topological polar surface area (TPSA) is 42.9 Å². The lowest BCUT2D eigenvalue weighted by Crippen LogP contribution is -2.23. The van der Waals surface area contributed by atoms with Crippen molar-refractivity contribution in [3.63, 3.8) is 0 Å². The van der Waals surface area contributed by atoms with E-state index >= 15 is 0 Å². The number of rotatable bonds is 2. The van der Waals surface area contributed by atoms with Gasteiger partial charge in [-0.3, -0.25) is 4.79 Å². The molecule has 7 heteroatoms. The summed E-state index contributed by atoms with van der Waals surface area (Å²) in [5, 5.41) is 2.20. The number of carbonyl (C=O) groups excluding carboxylic acids is 1. The zero-order chi connectivity index (χ0) is 20.2. The van der Waals surface area contributed by atoms with E-state index in [1.807, 2.05) is 30.3 Å². The monoisotopic (exact) mass is 408 g/mol. The maximum absolute atomic E-state index is 13.4. The van der Waals surface area contributed by atoms with Crippen molar-refractivity contribution in [1.82, 2.24) is 9.97 Å². The van der Waals surface area contributed by atoms with Gasteiger partial charge in [0.15, 0.2) is 0 Å². The molecule has 0 aliphatic heterocycles. The van der Waals surface area contributed by atoms with Crippen molar-refractivity contribution in [2.45, 2.75) is 6.18 Å². The Morgan fingerprint density at radius 2 is 1.59 bits per heavy atom. The predicted octanol–water partition coefficient (Wildman–Crippen LogP) is 6.41. The third-order valence-corrected chi connectivity index (χ3v) is 5.92. The first-order chi connectivity index (χ1) is 13.9. The number of thiophene rings is 1. The van der Waals surface area contributed by atoms with Crippen molar-refractivity contribution in [3.8, 4) is 10.6 Å². The van der Waals surface area contributed by atoms with Gasteiger partial charge in [-0.25, -0.2) is 9.97 Å². The number of alkyl halides is 3. The lowest BCUT2D eigenvalue weighted by molar-refractivity contribution is -0.0883. The highest BCUT2D eigenvalue weighted by molar-refractivity contribution is 7.22. The minimum Gasteiger partial charge on any atom is -0.284 e. The molecule has 0 aliphatic rings. The summed E-state index contributed by atoms with van der Waals surface area (Å²) in [5.41, 5.74) is 0.0852. The van der Waals surface area contributed by atoms with Gasteiger partial charge in [-0.2, -0.15) is 13.2 Å². The van der Waals surface area contributed by atoms with Crippen LogP contribution in [0.25, 0.3) is 42.3 Å². The summed E-state index contributed by atoms with van der Waals surface area (Å²) in [4.78, 5) is 21.5. The molecule has 142 valence electrons. The van der Waals surface area contributed by atoms with Crippen molar-refractivity contribution in [1.29, 1.82) is 0 Å². The molecule has 5 aromatic rings. The van der Waals surface area contributed by atoms with Crippen LogP contribution < -0.4 is 0 Å². The Morgan fingerprint density at radius 1 is 0.862 bits per heavy atom. The first kappa shape index (κ1) is 17.8. The quantitative estimate of drug-likeness (QED) is 0.250. The minimum absolute atomic E-state index is 0.00785. The Balaban J connectivity index is 1.89. The number of benzene rings is 3. The van der Waals surface area contributed by atoms with Gasteiger partial charge >= 0.3 is 6.18 Å². The van der Waals surface area contributed by atoms with E-state index in [2.05, 4.69) is 9.97 Å². The summed E-state index contributed by atoms with van der Waals surface area (Å²) in [6, 6.07) is 18.0. The van der Waals surface area contributed by atoms with Gasteiger partial charge < -0.3 is 0 Å². The summed E-state index contributed by atoms with van der Waals surface area (Å²) in [6.07, 6.45) is -3.79. The molecule has 0 bridgehead atoms. The van der Waals surface area contributed by atoms with Gasteiger partial charge in [0.1, 0.15) is 6.33 Å². The molecule has 0 saturated heterocycles. The van der Waals surface area contributed by atoms with E-state index in [1.54, 1.807) is 24.3 Å². The highest BCUT2D eigenvalue weighted by atomic mass is 32.1. The molecule has 3 aromatic carbocycles. The number of carbonyl (C=O) groups is 1. The second-order valence-corrected chi connectivity index (χ2v) is 7.65. The van der Waals surface area contributed by atoms with E-state index in [4.69, 9.17) is 0 Å². The third kappa shape index (κ3) is 2.86. The fourth-order valence-electron chi connectivity index (χ4n) is 3.53. The second-order valence-electron chi connectivity index (χ2n) is 6.57. The van der Waals surface area contributed by atoms with Crippen LogP contribution in [0.15, 0.2) is 67.0 Å². The smallest absolute Gasteiger partial charge is 0.284 e. The SMILES string of the molecule is O=C(c1c2ccccc2cc2c(-c3cc4ccccc4s3)ncnc12)C(F)(F)F. The van der Waals surface area contributed by atoms with Gasteiger partial charge in [0, 0.05) is 10.1 Å². The molecule has 0 radical (unpaired) electrons. The predicted molar refractivity (Wildman–Crippen MR) is 108 cm³/mol. The molecule has 2 heterocycles. The molecule has 0 fully saturated rings. The second kappa shape index (κ2) is 6.35. The number of Topliss-reactive ketones (excluding diaryl/α,β-unsaturated/α-hetero) is 1. The van der Waals surface area contributed by atoms with E-state index in [0.717, 1.165) is 15.0 Å². The first-order valence-corrected chi connectivity index (χ1v) is 9.52. The lowest BCUT2D eigenvalue weighted by atomic mass is 9.96. The largest absolute Gasteiger partial charge is 0.454 e. The number of fused-ring (bicyclic) bond motifs is 3. The van der Waals surface area contributed by atoms with E-state index in [0.29, 0.717) is 16.5 Å². The molecule has 2 aromatic heterocycles. The average Bonchev–Trinajstić information content (AvgIpc) is 3.14. The van der Waals surface area contributed by atoms with Gasteiger partial charge in [-0.1, -0.05) is 42.5 Å². The molecule has 0 saturated carbocycles. The summed E-state index contributed by atoms with van der Waals surface area (Å²) < 4.78 is 41.1. The van der Waals surface area contributed by atoms with E-state index < -0.39 is 17.5 Å². The van der Waals surface area contributed by atoms with Crippen molar-refractivity contribution in [2.24, 2.45) is 0 Å². The van der Waals surface area contributed by atoms with Crippen LogP contribution in [0.4, 0.5) is 13.2 Å². The third-order valence-electron chi connectivity index (χ3n) is 4.79. The minimum atomic E-state index is -5.00. The Morgan fingerprint density at radius 3 is 2.34 bits per heavy atom. The molecule has 5 rings (SSSR count). The number of halogens is 3.